The Morgan fingerprint density at radius 1 is 1.13 bits per heavy atom. The number of hydrazone groups is 1. The number of non-ortho nitro benzene ring substituents is 1. The van der Waals surface area contributed by atoms with Crippen LogP contribution in [0, 0.1) is 10.1 Å². The molecule has 4 rings (SSSR count). The lowest BCUT2D eigenvalue weighted by atomic mass is 10.0. The summed E-state index contributed by atoms with van der Waals surface area (Å²) in [5.41, 5.74) is 3.90. The Kier molecular flexibility index (Phi) is 5.39. The molecule has 4 aromatic rings. The second-order valence-electron chi connectivity index (χ2n) is 6.74. The first-order valence-electron chi connectivity index (χ1n) is 9.32. The van der Waals surface area contributed by atoms with E-state index < -0.39 is 10.8 Å². The summed E-state index contributed by atoms with van der Waals surface area (Å²) < 4.78 is 1.55. The van der Waals surface area contributed by atoms with E-state index in [9.17, 15) is 20.0 Å². The fourth-order valence-electron chi connectivity index (χ4n) is 3.11. The number of nitrogens with one attached hydrogen (secondary N) is 1. The van der Waals surface area contributed by atoms with Crippen molar-refractivity contribution in [3.8, 4) is 5.75 Å². The summed E-state index contributed by atoms with van der Waals surface area (Å²) in [6.07, 6.45) is 3.03. The van der Waals surface area contributed by atoms with Crippen LogP contribution in [0.2, 0.25) is 0 Å². The molecule has 0 aliphatic carbocycles. The highest BCUT2D eigenvalue weighted by molar-refractivity contribution is 6.03. The molecule has 1 amide bonds. The van der Waals surface area contributed by atoms with Gasteiger partial charge in [0.1, 0.15) is 5.75 Å². The zero-order valence-corrected chi connectivity index (χ0v) is 16.2. The molecule has 1 aromatic heterocycles. The topological polar surface area (TPSA) is 123 Å². The normalized spacial score (nSPS) is 11.1. The SMILES string of the molecule is O=C(N/N=C/c1c(O)ccc2ccccc12)c1ccn(Cc2ccc([N+](=O)[O-])cc2)n1. The van der Waals surface area contributed by atoms with Crippen molar-refractivity contribution < 1.29 is 14.8 Å². The minimum Gasteiger partial charge on any atom is -0.507 e. The summed E-state index contributed by atoms with van der Waals surface area (Å²) in [5.74, 6) is -0.442. The van der Waals surface area contributed by atoms with E-state index in [1.54, 1.807) is 41.2 Å². The summed E-state index contributed by atoms with van der Waals surface area (Å²) in [6, 6.07) is 18.6. The first kappa shape index (κ1) is 19.8. The number of rotatable bonds is 6. The number of carbonyl (C=O) groups excluding carboxylic acids is 1. The van der Waals surface area contributed by atoms with Gasteiger partial charge in [0.15, 0.2) is 5.69 Å². The third-order valence-electron chi connectivity index (χ3n) is 4.67. The predicted molar refractivity (Wildman–Crippen MR) is 115 cm³/mol. The highest BCUT2D eigenvalue weighted by atomic mass is 16.6. The van der Waals surface area contributed by atoms with Crippen LogP contribution in [-0.4, -0.2) is 31.9 Å². The van der Waals surface area contributed by atoms with Crippen molar-refractivity contribution >= 4 is 28.6 Å². The van der Waals surface area contributed by atoms with E-state index in [0.717, 1.165) is 16.3 Å². The lowest BCUT2D eigenvalue weighted by Gasteiger charge is -2.04. The number of fused-ring (bicyclic) bond motifs is 1. The van der Waals surface area contributed by atoms with Crippen LogP contribution < -0.4 is 5.43 Å². The van der Waals surface area contributed by atoms with Gasteiger partial charge >= 0.3 is 0 Å². The third-order valence-corrected chi connectivity index (χ3v) is 4.67. The molecule has 0 radical (unpaired) electrons. The Labute approximate surface area is 176 Å². The van der Waals surface area contributed by atoms with Gasteiger partial charge < -0.3 is 5.11 Å². The second-order valence-corrected chi connectivity index (χ2v) is 6.74. The number of carbonyl (C=O) groups is 1. The minimum atomic E-state index is -0.501. The number of aromatic hydroxyl groups is 1. The number of aromatic nitrogens is 2. The second kappa shape index (κ2) is 8.46. The lowest BCUT2D eigenvalue weighted by Crippen LogP contribution is -2.18. The maximum Gasteiger partial charge on any atom is 0.291 e. The molecule has 0 spiro atoms. The summed E-state index contributed by atoms with van der Waals surface area (Å²) in [7, 11) is 0. The van der Waals surface area contributed by atoms with Gasteiger partial charge in [-0.15, -0.1) is 0 Å². The largest absolute Gasteiger partial charge is 0.507 e. The molecular weight excluding hydrogens is 398 g/mol. The highest BCUT2D eigenvalue weighted by Gasteiger charge is 2.10. The van der Waals surface area contributed by atoms with Gasteiger partial charge in [-0.25, -0.2) is 5.43 Å². The van der Waals surface area contributed by atoms with Crippen molar-refractivity contribution in [3.05, 3.63) is 99.9 Å². The van der Waals surface area contributed by atoms with E-state index in [1.807, 2.05) is 24.3 Å². The van der Waals surface area contributed by atoms with E-state index >= 15 is 0 Å². The number of nitro groups is 1. The number of nitro benzene ring substituents is 1. The molecule has 1 heterocycles. The minimum absolute atomic E-state index is 0.0133. The molecule has 0 aliphatic heterocycles. The first-order valence-corrected chi connectivity index (χ1v) is 9.32. The molecule has 2 N–H and O–H groups in total. The van der Waals surface area contributed by atoms with E-state index in [-0.39, 0.29) is 17.1 Å². The van der Waals surface area contributed by atoms with Crippen LogP contribution in [0.5, 0.6) is 5.75 Å². The van der Waals surface area contributed by atoms with E-state index in [4.69, 9.17) is 0 Å². The smallest absolute Gasteiger partial charge is 0.291 e. The van der Waals surface area contributed by atoms with Crippen molar-refractivity contribution in [3.63, 3.8) is 0 Å². The van der Waals surface area contributed by atoms with Gasteiger partial charge in [0.2, 0.25) is 0 Å². The van der Waals surface area contributed by atoms with Gasteiger partial charge in [0.05, 0.1) is 17.7 Å². The standard InChI is InChI=1S/C22H17N5O4/c28-21-10-7-16-3-1-2-4-18(16)19(21)13-23-24-22(29)20-11-12-26(25-20)14-15-5-8-17(9-6-15)27(30)31/h1-13,28H,14H2,(H,24,29)/b23-13+. The third kappa shape index (κ3) is 4.40. The number of amides is 1. The van der Waals surface area contributed by atoms with Crippen LogP contribution in [0.25, 0.3) is 10.8 Å². The Morgan fingerprint density at radius 3 is 2.68 bits per heavy atom. The van der Waals surface area contributed by atoms with Crippen LogP contribution in [-0.2, 0) is 6.54 Å². The number of phenols is 1. The number of hydrogen-bond donors (Lipinski definition) is 2. The Bertz CT molecular complexity index is 1300. The maximum absolute atomic E-state index is 12.3. The Balaban J connectivity index is 1.43. The van der Waals surface area contributed by atoms with Crippen molar-refractivity contribution in [1.82, 2.24) is 15.2 Å². The number of benzene rings is 3. The van der Waals surface area contributed by atoms with Crippen LogP contribution in [0.15, 0.2) is 78.0 Å². The molecule has 154 valence electrons. The maximum atomic E-state index is 12.3. The van der Waals surface area contributed by atoms with Crippen LogP contribution >= 0.6 is 0 Å². The zero-order chi connectivity index (χ0) is 21.8. The first-order chi connectivity index (χ1) is 15.0. The van der Waals surface area contributed by atoms with Gasteiger partial charge in [-0.3, -0.25) is 19.6 Å². The van der Waals surface area contributed by atoms with E-state index in [0.29, 0.717) is 12.1 Å². The number of phenolic OH excluding ortho intramolecular Hbond substituents is 1. The van der Waals surface area contributed by atoms with E-state index in [2.05, 4.69) is 15.6 Å². The molecule has 0 saturated heterocycles. The summed E-state index contributed by atoms with van der Waals surface area (Å²) in [6.45, 7) is 0.360. The molecule has 0 fully saturated rings. The van der Waals surface area contributed by atoms with Gasteiger partial charge in [0.25, 0.3) is 11.6 Å². The molecule has 0 saturated carbocycles. The molecular formula is C22H17N5O4. The molecule has 9 heteroatoms. The molecule has 3 aromatic carbocycles. The van der Waals surface area contributed by atoms with Gasteiger partial charge in [-0.05, 0) is 28.5 Å². The highest BCUT2D eigenvalue weighted by Crippen LogP contribution is 2.25. The Morgan fingerprint density at radius 2 is 1.90 bits per heavy atom. The molecule has 0 aliphatic rings. The molecule has 0 bridgehead atoms. The van der Waals surface area contributed by atoms with Crippen molar-refractivity contribution in [2.45, 2.75) is 6.54 Å². The van der Waals surface area contributed by atoms with Gasteiger partial charge in [-0.1, -0.05) is 42.5 Å². The van der Waals surface area contributed by atoms with Crippen LogP contribution in [0.4, 0.5) is 5.69 Å². The lowest BCUT2D eigenvalue weighted by molar-refractivity contribution is -0.384. The fraction of sp³-hybridized carbons (Fsp3) is 0.0455. The summed E-state index contributed by atoms with van der Waals surface area (Å²) >= 11 is 0. The monoisotopic (exact) mass is 415 g/mol. The summed E-state index contributed by atoms with van der Waals surface area (Å²) in [5, 5.41) is 30.8. The zero-order valence-electron chi connectivity index (χ0n) is 16.2. The number of hydrogen-bond acceptors (Lipinski definition) is 6. The molecule has 31 heavy (non-hydrogen) atoms. The van der Waals surface area contributed by atoms with E-state index in [1.165, 1.54) is 18.3 Å². The fourth-order valence-corrected chi connectivity index (χ4v) is 3.11. The van der Waals surface area contributed by atoms with Gasteiger partial charge in [-0.2, -0.15) is 10.2 Å². The van der Waals surface area contributed by atoms with Crippen molar-refractivity contribution in [1.29, 1.82) is 0 Å². The molecule has 0 unspecified atom stereocenters. The predicted octanol–water partition coefficient (Wildman–Crippen LogP) is 3.46. The van der Waals surface area contributed by atoms with Crippen molar-refractivity contribution in [2.24, 2.45) is 5.10 Å². The average molecular weight is 415 g/mol. The van der Waals surface area contributed by atoms with Crippen LogP contribution in [0.3, 0.4) is 0 Å². The van der Waals surface area contributed by atoms with Gasteiger partial charge in [0, 0.05) is 23.9 Å². The summed E-state index contributed by atoms with van der Waals surface area (Å²) in [4.78, 5) is 22.6. The average Bonchev–Trinajstić information content (AvgIpc) is 3.24. The quantitative estimate of drug-likeness (QED) is 0.284. The Hall–Kier alpha value is -4.53. The van der Waals surface area contributed by atoms with Crippen molar-refractivity contribution in [2.75, 3.05) is 0 Å². The molecule has 0 atom stereocenters. The number of nitrogens with zero attached hydrogens (tertiary/aromatic N) is 4. The molecule has 9 nitrogen and oxygen atoms in total. The van der Waals surface area contributed by atoms with Crippen LogP contribution in [0.1, 0.15) is 21.6 Å².